The third-order valence-corrected chi connectivity index (χ3v) is 5.09. The number of Topliss-reactive ketones (excluding diaryl/α,β-unsaturated/α-hetero) is 1. The second-order valence-corrected chi connectivity index (χ2v) is 7.71. The van der Waals surface area contributed by atoms with E-state index in [2.05, 4.69) is 10.6 Å². The van der Waals surface area contributed by atoms with Crippen LogP contribution in [0.25, 0.3) is 0 Å². The standard InChI is InChI=1S/C24H33N3O5/c1-19(28)20-8-10-21(11-9-20)32-18-6-4-14-25-15-16-26-22(29)7-3-2-5-17-27-23(30)12-13-24(27)31/h8-13,25H,2-7,14-18H2,1H3,(H,26,29). The summed E-state index contributed by atoms with van der Waals surface area (Å²) in [5.41, 5.74) is 0.680. The van der Waals surface area contributed by atoms with Crippen LogP contribution in [-0.2, 0) is 14.4 Å². The van der Waals surface area contributed by atoms with Crippen LogP contribution < -0.4 is 15.4 Å². The van der Waals surface area contributed by atoms with Gasteiger partial charge in [-0.3, -0.25) is 24.1 Å². The predicted molar refractivity (Wildman–Crippen MR) is 121 cm³/mol. The Kier molecular flexibility index (Phi) is 11.2. The normalized spacial score (nSPS) is 13.0. The zero-order valence-electron chi connectivity index (χ0n) is 18.7. The van der Waals surface area contributed by atoms with Crippen molar-refractivity contribution >= 4 is 23.5 Å². The average molecular weight is 444 g/mol. The summed E-state index contributed by atoms with van der Waals surface area (Å²) < 4.78 is 5.66. The number of nitrogens with zero attached hydrogens (tertiary/aromatic N) is 1. The monoisotopic (exact) mass is 443 g/mol. The van der Waals surface area contributed by atoms with Crippen LogP contribution in [0.2, 0.25) is 0 Å². The van der Waals surface area contributed by atoms with Crippen LogP contribution in [0.3, 0.4) is 0 Å². The molecule has 1 aromatic rings. The number of benzene rings is 1. The second kappa shape index (κ2) is 14.1. The quantitative estimate of drug-likeness (QED) is 0.231. The zero-order chi connectivity index (χ0) is 23.2. The maximum absolute atomic E-state index is 11.8. The molecule has 8 nitrogen and oxygen atoms in total. The molecule has 1 aliphatic rings. The van der Waals surface area contributed by atoms with Crippen molar-refractivity contribution in [3.05, 3.63) is 42.0 Å². The minimum atomic E-state index is -0.256. The molecule has 8 heteroatoms. The van der Waals surface area contributed by atoms with Crippen LogP contribution >= 0.6 is 0 Å². The summed E-state index contributed by atoms with van der Waals surface area (Å²) in [6.07, 6.45) is 7.15. The molecule has 2 N–H and O–H groups in total. The summed E-state index contributed by atoms with van der Waals surface area (Å²) in [6.45, 7) is 4.72. The molecule has 0 unspecified atom stereocenters. The van der Waals surface area contributed by atoms with Crippen LogP contribution in [0.1, 0.15) is 55.8 Å². The van der Waals surface area contributed by atoms with Crippen molar-refractivity contribution in [1.82, 2.24) is 15.5 Å². The van der Waals surface area contributed by atoms with Gasteiger partial charge in [0.15, 0.2) is 5.78 Å². The van der Waals surface area contributed by atoms with Crippen LogP contribution in [0.4, 0.5) is 0 Å². The predicted octanol–water partition coefficient (Wildman–Crippen LogP) is 2.24. The molecule has 0 atom stereocenters. The summed E-state index contributed by atoms with van der Waals surface area (Å²) in [5.74, 6) is 0.315. The number of hydrogen-bond acceptors (Lipinski definition) is 6. The molecule has 2 rings (SSSR count). The summed E-state index contributed by atoms with van der Waals surface area (Å²) in [7, 11) is 0. The molecule has 32 heavy (non-hydrogen) atoms. The van der Waals surface area contributed by atoms with E-state index in [1.165, 1.54) is 17.1 Å². The van der Waals surface area contributed by atoms with Gasteiger partial charge in [-0.25, -0.2) is 0 Å². The molecule has 0 saturated heterocycles. The molecule has 1 aromatic carbocycles. The summed E-state index contributed by atoms with van der Waals surface area (Å²) >= 11 is 0. The van der Waals surface area contributed by atoms with Crippen molar-refractivity contribution in [2.45, 2.75) is 45.4 Å². The van der Waals surface area contributed by atoms with Gasteiger partial charge in [0.1, 0.15) is 5.75 Å². The topological polar surface area (TPSA) is 105 Å². The fourth-order valence-electron chi connectivity index (χ4n) is 3.22. The van der Waals surface area contributed by atoms with Gasteiger partial charge in [0.2, 0.25) is 5.91 Å². The number of ether oxygens (including phenoxy) is 1. The number of carbonyl (C=O) groups excluding carboxylic acids is 4. The van der Waals surface area contributed by atoms with Crippen molar-refractivity contribution in [2.24, 2.45) is 0 Å². The Balaban J connectivity index is 1.37. The van der Waals surface area contributed by atoms with Gasteiger partial charge in [0, 0.05) is 43.8 Å². The molecule has 1 aliphatic heterocycles. The highest BCUT2D eigenvalue weighted by molar-refractivity contribution is 6.12. The summed E-state index contributed by atoms with van der Waals surface area (Å²) in [5, 5.41) is 6.18. The van der Waals surface area contributed by atoms with E-state index in [-0.39, 0.29) is 23.5 Å². The van der Waals surface area contributed by atoms with Gasteiger partial charge in [-0.2, -0.15) is 0 Å². The number of rotatable bonds is 16. The lowest BCUT2D eigenvalue weighted by Gasteiger charge is -2.13. The summed E-state index contributed by atoms with van der Waals surface area (Å²) in [4.78, 5) is 47.1. The van der Waals surface area contributed by atoms with E-state index in [4.69, 9.17) is 4.74 Å². The largest absolute Gasteiger partial charge is 0.494 e. The first kappa shape index (κ1) is 25.3. The number of hydrogen-bond donors (Lipinski definition) is 2. The van der Waals surface area contributed by atoms with E-state index in [1.54, 1.807) is 19.1 Å². The van der Waals surface area contributed by atoms with Gasteiger partial charge in [-0.15, -0.1) is 0 Å². The molecular formula is C24H33N3O5. The van der Waals surface area contributed by atoms with Crippen molar-refractivity contribution < 1.29 is 23.9 Å². The fourth-order valence-corrected chi connectivity index (χ4v) is 3.22. The number of imide groups is 1. The Labute approximate surface area is 189 Å². The van der Waals surface area contributed by atoms with Crippen molar-refractivity contribution in [3.63, 3.8) is 0 Å². The lowest BCUT2D eigenvalue weighted by molar-refractivity contribution is -0.137. The van der Waals surface area contributed by atoms with E-state index < -0.39 is 0 Å². The highest BCUT2D eigenvalue weighted by Gasteiger charge is 2.22. The van der Waals surface area contributed by atoms with Gasteiger partial charge in [-0.1, -0.05) is 6.42 Å². The number of amides is 3. The Bertz CT molecular complexity index is 786. The smallest absolute Gasteiger partial charge is 0.253 e. The Morgan fingerprint density at radius 1 is 0.875 bits per heavy atom. The van der Waals surface area contributed by atoms with Crippen LogP contribution in [-0.4, -0.2) is 61.2 Å². The first-order valence-corrected chi connectivity index (χ1v) is 11.2. The van der Waals surface area contributed by atoms with Gasteiger partial charge in [0.05, 0.1) is 6.61 Å². The molecule has 0 aliphatic carbocycles. The molecule has 0 saturated carbocycles. The third-order valence-electron chi connectivity index (χ3n) is 5.09. The summed E-state index contributed by atoms with van der Waals surface area (Å²) in [6, 6.07) is 7.16. The molecule has 0 aromatic heterocycles. The number of unbranched alkanes of at least 4 members (excludes halogenated alkanes) is 3. The minimum absolute atomic E-state index is 0.0194. The zero-order valence-corrected chi connectivity index (χ0v) is 18.7. The molecule has 174 valence electrons. The van der Waals surface area contributed by atoms with Gasteiger partial charge in [-0.05, 0) is 63.4 Å². The van der Waals surface area contributed by atoms with Gasteiger partial charge >= 0.3 is 0 Å². The van der Waals surface area contributed by atoms with Crippen molar-refractivity contribution in [3.8, 4) is 5.75 Å². The first-order chi connectivity index (χ1) is 15.5. The Morgan fingerprint density at radius 2 is 1.59 bits per heavy atom. The van der Waals surface area contributed by atoms with Crippen LogP contribution in [0, 0.1) is 0 Å². The van der Waals surface area contributed by atoms with Gasteiger partial charge in [0.25, 0.3) is 11.8 Å². The maximum atomic E-state index is 11.8. The first-order valence-electron chi connectivity index (χ1n) is 11.2. The molecule has 0 bridgehead atoms. The lowest BCUT2D eigenvalue weighted by Crippen LogP contribution is -2.32. The third kappa shape index (κ3) is 9.43. The minimum Gasteiger partial charge on any atom is -0.494 e. The van der Waals surface area contributed by atoms with E-state index in [0.29, 0.717) is 44.6 Å². The average Bonchev–Trinajstić information content (AvgIpc) is 3.10. The SMILES string of the molecule is CC(=O)c1ccc(OCCCCNCCNC(=O)CCCCCN2C(=O)C=CC2=O)cc1. The molecule has 1 heterocycles. The van der Waals surface area contributed by atoms with E-state index >= 15 is 0 Å². The van der Waals surface area contributed by atoms with Crippen molar-refractivity contribution in [1.29, 1.82) is 0 Å². The fraction of sp³-hybridized carbons (Fsp3) is 0.500. The molecule has 3 amide bonds. The van der Waals surface area contributed by atoms with Crippen LogP contribution in [0.5, 0.6) is 5.75 Å². The van der Waals surface area contributed by atoms with Gasteiger partial charge < -0.3 is 15.4 Å². The van der Waals surface area contributed by atoms with Crippen molar-refractivity contribution in [2.75, 3.05) is 32.8 Å². The highest BCUT2D eigenvalue weighted by atomic mass is 16.5. The number of carbonyl (C=O) groups is 4. The molecule has 0 radical (unpaired) electrons. The number of ketones is 1. The van der Waals surface area contributed by atoms with E-state index in [0.717, 1.165) is 38.0 Å². The Morgan fingerprint density at radius 3 is 2.28 bits per heavy atom. The molecule has 0 fully saturated rings. The second-order valence-electron chi connectivity index (χ2n) is 7.71. The van der Waals surface area contributed by atoms with E-state index in [9.17, 15) is 19.2 Å². The molecule has 0 spiro atoms. The highest BCUT2D eigenvalue weighted by Crippen LogP contribution is 2.13. The number of nitrogens with one attached hydrogen (secondary N) is 2. The molecular weight excluding hydrogens is 410 g/mol. The Hall–Kier alpha value is -3.00. The van der Waals surface area contributed by atoms with E-state index in [1.807, 2.05) is 12.1 Å². The lowest BCUT2D eigenvalue weighted by atomic mass is 10.1. The maximum Gasteiger partial charge on any atom is 0.253 e. The van der Waals surface area contributed by atoms with Crippen LogP contribution in [0.15, 0.2) is 36.4 Å².